The average molecular weight is 192 g/mol. The molecular weight excluding hydrogens is 184 g/mol. The lowest BCUT2D eigenvalue weighted by Gasteiger charge is -2.24. The van der Waals surface area contributed by atoms with Crippen molar-refractivity contribution >= 4 is 12.3 Å². The predicted octanol–water partition coefficient (Wildman–Crippen LogP) is 0.454. The lowest BCUT2D eigenvalue weighted by Crippen LogP contribution is -2.32. The molecule has 72 valence electrons. The number of aliphatic hydroxyl groups excluding tert-OH is 1. The van der Waals surface area contributed by atoms with Crippen LogP contribution in [0.5, 0.6) is 5.75 Å². The second kappa shape index (κ2) is 3.23. The molecule has 14 heavy (non-hydrogen) atoms. The molecule has 4 nitrogen and oxygen atoms in total. The Kier molecular flexibility index (Phi) is 2.05. The zero-order chi connectivity index (χ0) is 10.1. The van der Waals surface area contributed by atoms with Crippen molar-refractivity contribution in [1.29, 1.82) is 0 Å². The Balaban J connectivity index is 2.48. The number of carbonyl (C=O) groups excluding carboxylic acids is 2. The highest BCUT2D eigenvalue weighted by molar-refractivity contribution is 5.91. The maximum atomic E-state index is 11.2. The molecule has 0 radical (unpaired) electrons. The van der Waals surface area contributed by atoms with Gasteiger partial charge in [0, 0.05) is 5.56 Å². The van der Waals surface area contributed by atoms with E-state index < -0.39 is 18.0 Å². The molecular formula is C10H8O4. The number of para-hydroxylation sites is 1. The minimum absolute atomic E-state index is 0.322. The number of hydrogen-bond acceptors (Lipinski definition) is 4. The first kappa shape index (κ1) is 8.90. The molecule has 0 saturated carbocycles. The zero-order valence-electron chi connectivity index (χ0n) is 7.21. The molecule has 1 aliphatic rings. The van der Waals surface area contributed by atoms with E-state index in [1.54, 1.807) is 24.3 Å². The summed E-state index contributed by atoms with van der Waals surface area (Å²) in [4.78, 5) is 21.7. The van der Waals surface area contributed by atoms with Crippen LogP contribution in [0.15, 0.2) is 24.3 Å². The summed E-state index contributed by atoms with van der Waals surface area (Å²) >= 11 is 0. The number of fused-ring (bicyclic) bond motifs is 1. The van der Waals surface area contributed by atoms with Crippen LogP contribution in [-0.2, 0) is 9.59 Å². The summed E-state index contributed by atoms with van der Waals surface area (Å²) in [7, 11) is 0. The number of aliphatic hydroxyl groups is 1. The second-order valence-electron chi connectivity index (χ2n) is 3.07. The Labute approximate surface area is 80.1 Å². The van der Waals surface area contributed by atoms with Crippen LogP contribution in [0.2, 0.25) is 0 Å². The van der Waals surface area contributed by atoms with Crippen LogP contribution in [0.4, 0.5) is 0 Å². The summed E-state index contributed by atoms with van der Waals surface area (Å²) in [6, 6.07) is 6.61. The third kappa shape index (κ3) is 1.20. The molecule has 0 spiro atoms. The molecule has 1 aliphatic heterocycles. The van der Waals surface area contributed by atoms with Crippen molar-refractivity contribution in [1.82, 2.24) is 0 Å². The topological polar surface area (TPSA) is 63.6 Å². The summed E-state index contributed by atoms with van der Waals surface area (Å²) in [5.41, 5.74) is 0.476. The van der Waals surface area contributed by atoms with Crippen LogP contribution in [0.1, 0.15) is 11.7 Å². The van der Waals surface area contributed by atoms with Gasteiger partial charge in [-0.05, 0) is 6.07 Å². The minimum Gasteiger partial charge on any atom is -0.426 e. The Morgan fingerprint density at radius 1 is 1.36 bits per heavy atom. The normalized spacial score (nSPS) is 25.1. The molecule has 1 N–H and O–H groups in total. The second-order valence-corrected chi connectivity index (χ2v) is 3.07. The zero-order valence-corrected chi connectivity index (χ0v) is 7.21. The monoisotopic (exact) mass is 192 g/mol. The summed E-state index contributed by atoms with van der Waals surface area (Å²) < 4.78 is 4.88. The highest BCUT2D eigenvalue weighted by Crippen LogP contribution is 2.34. The number of carbonyl (C=O) groups is 2. The third-order valence-electron chi connectivity index (χ3n) is 2.21. The Morgan fingerprint density at radius 3 is 2.79 bits per heavy atom. The molecule has 2 rings (SSSR count). The first-order valence-electron chi connectivity index (χ1n) is 4.18. The van der Waals surface area contributed by atoms with Gasteiger partial charge in [-0.25, -0.2) is 0 Å². The van der Waals surface area contributed by atoms with Gasteiger partial charge in [0.2, 0.25) is 0 Å². The molecule has 0 aliphatic carbocycles. The Bertz CT molecular complexity index is 385. The molecule has 0 fully saturated rings. The standard InChI is InChI=1S/C10H8O4/c11-5-7-9(12)6-3-1-2-4-8(6)14-10(7)13/h1-5,7,9,12H. The van der Waals surface area contributed by atoms with Gasteiger partial charge in [-0.15, -0.1) is 0 Å². The van der Waals surface area contributed by atoms with E-state index in [9.17, 15) is 14.7 Å². The number of rotatable bonds is 1. The van der Waals surface area contributed by atoms with Crippen LogP contribution in [0.25, 0.3) is 0 Å². The highest BCUT2D eigenvalue weighted by Gasteiger charge is 2.36. The largest absolute Gasteiger partial charge is 0.426 e. The van der Waals surface area contributed by atoms with Crippen LogP contribution < -0.4 is 4.74 Å². The van der Waals surface area contributed by atoms with Crippen molar-refractivity contribution in [3.8, 4) is 5.75 Å². The highest BCUT2D eigenvalue weighted by atomic mass is 16.5. The molecule has 1 aromatic rings. The smallest absolute Gasteiger partial charge is 0.324 e. The number of esters is 1. The lowest BCUT2D eigenvalue weighted by molar-refractivity contribution is -0.147. The molecule has 4 heteroatoms. The molecule has 1 aromatic carbocycles. The van der Waals surface area contributed by atoms with Gasteiger partial charge >= 0.3 is 5.97 Å². The van der Waals surface area contributed by atoms with Gasteiger partial charge in [-0.2, -0.15) is 0 Å². The molecule has 2 atom stereocenters. The van der Waals surface area contributed by atoms with Gasteiger partial charge in [0.25, 0.3) is 0 Å². The van der Waals surface area contributed by atoms with Gasteiger partial charge in [0.15, 0.2) is 0 Å². The lowest BCUT2D eigenvalue weighted by atomic mass is 9.94. The fraction of sp³-hybridized carbons (Fsp3) is 0.200. The van der Waals surface area contributed by atoms with E-state index in [2.05, 4.69) is 0 Å². The van der Waals surface area contributed by atoms with E-state index in [-0.39, 0.29) is 0 Å². The number of ether oxygens (including phenoxy) is 1. The van der Waals surface area contributed by atoms with E-state index >= 15 is 0 Å². The van der Waals surface area contributed by atoms with Crippen LogP contribution in [0, 0.1) is 5.92 Å². The van der Waals surface area contributed by atoms with E-state index in [1.807, 2.05) is 0 Å². The van der Waals surface area contributed by atoms with E-state index in [4.69, 9.17) is 4.74 Å². The van der Waals surface area contributed by atoms with Gasteiger partial charge in [0.05, 0.1) is 0 Å². The van der Waals surface area contributed by atoms with Gasteiger partial charge in [-0.3, -0.25) is 4.79 Å². The predicted molar refractivity (Wildman–Crippen MR) is 46.6 cm³/mol. The molecule has 0 bridgehead atoms. The fourth-order valence-corrected chi connectivity index (χ4v) is 1.45. The van der Waals surface area contributed by atoms with Gasteiger partial charge in [-0.1, -0.05) is 18.2 Å². The van der Waals surface area contributed by atoms with Crippen LogP contribution in [-0.4, -0.2) is 17.4 Å². The average Bonchev–Trinajstić information content (AvgIpc) is 2.18. The van der Waals surface area contributed by atoms with Crippen molar-refractivity contribution in [2.24, 2.45) is 5.92 Å². The molecule has 2 unspecified atom stereocenters. The van der Waals surface area contributed by atoms with Gasteiger partial charge < -0.3 is 14.6 Å². The molecule has 0 saturated heterocycles. The molecule has 0 aromatic heterocycles. The van der Waals surface area contributed by atoms with Crippen molar-refractivity contribution in [3.05, 3.63) is 29.8 Å². The minimum atomic E-state index is -1.11. The summed E-state index contributed by atoms with van der Waals surface area (Å²) in [5.74, 6) is -1.49. The van der Waals surface area contributed by atoms with Crippen molar-refractivity contribution in [2.75, 3.05) is 0 Å². The maximum absolute atomic E-state index is 11.2. The van der Waals surface area contributed by atoms with Crippen molar-refractivity contribution < 1.29 is 19.4 Å². The quantitative estimate of drug-likeness (QED) is 0.304. The van der Waals surface area contributed by atoms with Crippen molar-refractivity contribution in [2.45, 2.75) is 6.10 Å². The summed E-state index contributed by atoms with van der Waals surface area (Å²) in [6.45, 7) is 0. The first-order valence-corrected chi connectivity index (χ1v) is 4.18. The summed E-state index contributed by atoms with van der Waals surface area (Å²) in [6.07, 6.45) is -0.687. The number of benzene rings is 1. The Morgan fingerprint density at radius 2 is 2.07 bits per heavy atom. The fourth-order valence-electron chi connectivity index (χ4n) is 1.45. The molecule has 0 amide bonds. The Hall–Kier alpha value is -1.68. The van der Waals surface area contributed by atoms with Crippen molar-refractivity contribution in [3.63, 3.8) is 0 Å². The van der Waals surface area contributed by atoms with E-state index in [0.29, 0.717) is 17.6 Å². The third-order valence-corrected chi connectivity index (χ3v) is 2.21. The van der Waals surface area contributed by atoms with Gasteiger partial charge in [0.1, 0.15) is 24.1 Å². The van der Waals surface area contributed by atoms with E-state index in [0.717, 1.165) is 0 Å². The first-order chi connectivity index (χ1) is 6.74. The summed E-state index contributed by atoms with van der Waals surface area (Å²) in [5, 5.41) is 9.66. The number of aldehydes is 1. The maximum Gasteiger partial charge on any atom is 0.324 e. The van der Waals surface area contributed by atoms with E-state index in [1.165, 1.54) is 0 Å². The SMILES string of the molecule is O=CC1C(=O)Oc2ccccc2C1O. The van der Waals surface area contributed by atoms with Crippen LogP contribution >= 0.6 is 0 Å². The van der Waals surface area contributed by atoms with Crippen LogP contribution in [0.3, 0.4) is 0 Å². The molecule has 1 heterocycles. The number of hydrogen-bond donors (Lipinski definition) is 1.